The van der Waals surface area contributed by atoms with Crippen molar-refractivity contribution in [3.63, 3.8) is 0 Å². The molecule has 0 unspecified atom stereocenters. The lowest BCUT2D eigenvalue weighted by molar-refractivity contribution is -0.164. The Kier molecular flexibility index (Phi) is 13.2. The van der Waals surface area contributed by atoms with Crippen LogP contribution in [0.1, 0.15) is 0 Å². The Balaban J connectivity index is 0. The summed E-state index contributed by atoms with van der Waals surface area (Å²) in [5.74, 6) is -3.45. The zero-order valence-electron chi connectivity index (χ0n) is 13.2. The lowest BCUT2D eigenvalue weighted by Crippen LogP contribution is -2.48. The number of carbonyl (C=O) groups is 2. The quantitative estimate of drug-likeness (QED) is 0.165. The van der Waals surface area contributed by atoms with Gasteiger partial charge in [0.2, 0.25) is 0 Å². The van der Waals surface area contributed by atoms with Gasteiger partial charge in [-0.3, -0.25) is 0 Å². The first-order valence-electron chi connectivity index (χ1n) is 6.95. The fourth-order valence-electron chi connectivity index (χ4n) is 1.34. The van der Waals surface area contributed by atoms with E-state index >= 15 is 0 Å². The summed E-state index contributed by atoms with van der Waals surface area (Å²) in [5.41, 5.74) is 0. The van der Waals surface area contributed by atoms with Crippen molar-refractivity contribution < 1.29 is 70.9 Å². The van der Waals surface area contributed by atoms with Gasteiger partial charge in [0.15, 0.2) is 12.2 Å². The van der Waals surface area contributed by atoms with E-state index in [-0.39, 0.29) is 0 Å². The molecule has 0 aliphatic heterocycles. The molecule has 0 rings (SSSR count). The maximum absolute atomic E-state index is 10.1. The van der Waals surface area contributed by atoms with E-state index in [0.717, 1.165) is 0 Å². The molecule has 0 saturated carbocycles. The lowest BCUT2D eigenvalue weighted by atomic mass is 10.0. The molecule has 0 aromatic rings. The Hall–Kier alpha value is -1.46. The average molecular weight is 392 g/mol. The number of rotatable bonds is 10. The summed E-state index contributed by atoms with van der Waals surface area (Å²) >= 11 is 0. The van der Waals surface area contributed by atoms with Crippen LogP contribution in [-0.4, -0.2) is 135 Å². The van der Waals surface area contributed by atoms with E-state index in [1.54, 1.807) is 0 Å². The van der Waals surface area contributed by atoms with Gasteiger partial charge in [0.1, 0.15) is 36.6 Å². The molecule has 0 aromatic heterocycles. The summed E-state index contributed by atoms with van der Waals surface area (Å²) in [6.07, 6.45) is -15.7. The van der Waals surface area contributed by atoms with Crippen molar-refractivity contribution in [1.82, 2.24) is 0 Å². The highest BCUT2D eigenvalue weighted by molar-refractivity contribution is 5.73. The maximum atomic E-state index is 10.1. The number of carboxylic acid groups (broad SMARTS) is 2. The molecule has 0 fully saturated rings. The van der Waals surface area contributed by atoms with Crippen molar-refractivity contribution >= 4 is 11.9 Å². The second-order valence-corrected chi connectivity index (χ2v) is 5.03. The molecule has 0 aromatic carbocycles. The van der Waals surface area contributed by atoms with Crippen molar-refractivity contribution in [1.29, 1.82) is 0 Å². The third-order valence-electron chi connectivity index (χ3n) is 3.02. The van der Waals surface area contributed by atoms with Crippen LogP contribution in [0.2, 0.25) is 0 Å². The monoisotopic (exact) mass is 392 g/mol. The lowest BCUT2D eigenvalue weighted by Gasteiger charge is -2.23. The summed E-state index contributed by atoms with van der Waals surface area (Å²) < 4.78 is 0. The average Bonchev–Trinajstić information content (AvgIpc) is 2.62. The van der Waals surface area contributed by atoms with E-state index in [9.17, 15) is 9.59 Å². The number of aliphatic hydroxyl groups is 10. The second kappa shape index (κ2) is 12.8. The highest BCUT2D eigenvalue weighted by Gasteiger charge is 2.34. The number of hydrogen-bond acceptors (Lipinski definition) is 12. The van der Waals surface area contributed by atoms with Gasteiger partial charge in [-0.2, -0.15) is 0 Å². The predicted octanol–water partition coefficient (Wildman–Crippen LogP) is -6.99. The third kappa shape index (κ3) is 8.77. The zero-order chi connectivity index (χ0) is 21.2. The molecule has 0 saturated heterocycles. The molecule has 14 heteroatoms. The molecule has 156 valence electrons. The van der Waals surface area contributed by atoms with Gasteiger partial charge in [-0.1, -0.05) is 0 Å². The predicted molar refractivity (Wildman–Crippen MR) is 77.5 cm³/mol. The number of aliphatic hydroxyl groups excluding tert-OH is 10. The van der Waals surface area contributed by atoms with Crippen LogP contribution in [0.5, 0.6) is 0 Å². The van der Waals surface area contributed by atoms with Gasteiger partial charge >= 0.3 is 11.9 Å². The molecule has 8 atom stereocenters. The summed E-state index contributed by atoms with van der Waals surface area (Å²) in [6, 6.07) is 0. The number of aliphatic carboxylic acids is 2. The highest BCUT2D eigenvalue weighted by atomic mass is 16.4. The van der Waals surface area contributed by atoms with Crippen LogP contribution in [-0.2, 0) is 9.59 Å². The van der Waals surface area contributed by atoms with Crippen molar-refractivity contribution in [3.05, 3.63) is 0 Å². The first kappa shape index (κ1) is 26.8. The van der Waals surface area contributed by atoms with E-state index in [1.807, 2.05) is 0 Å². The molecular weight excluding hydrogens is 368 g/mol. The normalized spacial score (nSPS) is 20.4. The number of hydrogen-bond donors (Lipinski definition) is 12. The SMILES string of the molecule is O=C(O)[C@H](O)[C@@H](O)[C@@H](O)[C@H](O)CO.O=C(O)[C@H](O)[C@H](O)[C@@H](O)[C@@H](O)CO. The van der Waals surface area contributed by atoms with Crippen molar-refractivity contribution in [2.45, 2.75) is 48.8 Å². The van der Waals surface area contributed by atoms with Gasteiger partial charge in [-0.15, -0.1) is 0 Å². The van der Waals surface area contributed by atoms with Gasteiger partial charge in [-0.05, 0) is 0 Å². The van der Waals surface area contributed by atoms with Crippen molar-refractivity contribution in [2.24, 2.45) is 0 Å². The summed E-state index contributed by atoms with van der Waals surface area (Å²) in [6.45, 7) is -1.69. The van der Waals surface area contributed by atoms with Crippen LogP contribution < -0.4 is 0 Å². The van der Waals surface area contributed by atoms with Crippen molar-refractivity contribution in [3.8, 4) is 0 Å². The van der Waals surface area contributed by atoms with Crippen LogP contribution in [0.15, 0.2) is 0 Å². The second-order valence-electron chi connectivity index (χ2n) is 5.03. The maximum Gasteiger partial charge on any atom is 0.335 e. The molecule has 0 bridgehead atoms. The zero-order valence-corrected chi connectivity index (χ0v) is 13.2. The summed E-state index contributed by atoms with van der Waals surface area (Å²) in [5, 5.41) is 104. The van der Waals surface area contributed by atoms with Gasteiger partial charge in [0.05, 0.1) is 13.2 Å². The minimum absolute atomic E-state index is 0.843. The van der Waals surface area contributed by atoms with Crippen LogP contribution in [0, 0.1) is 0 Å². The molecule has 0 heterocycles. The van der Waals surface area contributed by atoms with E-state index < -0.39 is 74.0 Å². The molecule has 26 heavy (non-hydrogen) atoms. The standard InChI is InChI=1S/2C6H12O7/c2*7-1-2(8)3(9)4(10)5(11)6(12)13/h2*2-5,7-11H,1H2,(H,12,13)/t2-,3+,4+,5-;2-,3-,4+,5+/m10/s1. The Labute approximate surface area is 146 Å². The van der Waals surface area contributed by atoms with Crippen LogP contribution >= 0.6 is 0 Å². The van der Waals surface area contributed by atoms with Crippen molar-refractivity contribution in [2.75, 3.05) is 13.2 Å². The Morgan fingerprint density at radius 2 is 0.769 bits per heavy atom. The van der Waals surface area contributed by atoms with Gasteiger partial charge in [0, 0.05) is 0 Å². The fraction of sp³-hybridized carbons (Fsp3) is 0.833. The Morgan fingerprint density at radius 3 is 0.923 bits per heavy atom. The molecule has 0 spiro atoms. The molecule has 0 aliphatic rings. The molecular formula is C12H24O14. The Morgan fingerprint density at radius 1 is 0.538 bits per heavy atom. The minimum atomic E-state index is -2.20. The van der Waals surface area contributed by atoms with Gasteiger partial charge in [-0.25, -0.2) is 9.59 Å². The first-order valence-corrected chi connectivity index (χ1v) is 6.95. The molecule has 0 amide bonds. The topological polar surface area (TPSA) is 277 Å². The van der Waals surface area contributed by atoms with Crippen LogP contribution in [0.4, 0.5) is 0 Å². The largest absolute Gasteiger partial charge is 0.479 e. The minimum Gasteiger partial charge on any atom is -0.479 e. The van der Waals surface area contributed by atoms with E-state index in [0.29, 0.717) is 0 Å². The third-order valence-corrected chi connectivity index (χ3v) is 3.02. The first-order chi connectivity index (χ1) is 11.8. The summed E-state index contributed by atoms with van der Waals surface area (Å²) in [7, 11) is 0. The van der Waals surface area contributed by atoms with Gasteiger partial charge < -0.3 is 61.3 Å². The van der Waals surface area contributed by atoms with Gasteiger partial charge in [0.25, 0.3) is 0 Å². The smallest absolute Gasteiger partial charge is 0.335 e. The molecule has 0 aliphatic carbocycles. The highest BCUT2D eigenvalue weighted by Crippen LogP contribution is 2.05. The summed E-state index contributed by atoms with van der Waals surface area (Å²) in [4.78, 5) is 20.2. The van der Waals surface area contributed by atoms with E-state index in [1.165, 1.54) is 0 Å². The molecule has 14 nitrogen and oxygen atoms in total. The van der Waals surface area contributed by atoms with Crippen LogP contribution in [0.25, 0.3) is 0 Å². The fourth-order valence-corrected chi connectivity index (χ4v) is 1.34. The van der Waals surface area contributed by atoms with E-state index in [4.69, 9.17) is 61.3 Å². The van der Waals surface area contributed by atoms with E-state index in [2.05, 4.69) is 0 Å². The van der Waals surface area contributed by atoms with Crippen LogP contribution in [0.3, 0.4) is 0 Å². The molecule has 12 N–H and O–H groups in total. The Bertz CT molecular complexity index is 379. The molecule has 0 radical (unpaired) electrons. The number of carboxylic acids is 2.